The van der Waals surface area contributed by atoms with Crippen LogP contribution >= 0.6 is 11.3 Å². The summed E-state index contributed by atoms with van der Waals surface area (Å²) in [6.07, 6.45) is 5.74. The van der Waals surface area contributed by atoms with Crippen molar-refractivity contribution in [2.45, 2.75) is 78.2 Å². The fourth-order valence-corrected chi connectivity index (χ4v) is 5.97. The third-order valence-electron chi connectivity index (χ3n) is 7.49. The van der Waals surface area contributed by atoms with E-state index in [1.807, 2.05) is 18.2 Å². The largest absolute Gasteiger partial charge is 0.481 e. The minimum Gasteiger partial charge on any atom is -0.481 e. The van der Waals surface area contributed by atoms with E-state index in [2.05, 4.69) is 42.9 Å². The highest BCUT2D eigenvalue weighted by Crippen LogP contribution is 2.42. The van der Waals surface area contributed by atoms with Crippen molar-refractivity contribution in [3.63, 3.8) is 0 Å². The number of carbonyl (C=O) groups is 2. The maximum atomic E-state index is 13.2. The predicted octanol–water partition coefficient (Wildman–Crippen LogP) is 6.90. The zero-order valence-corrected chi connectivity index (χ0v) is 20.7. The van der Waals surface area contributed by atoms with Crippen LogP contribution in [0.25, 0.3) is 11.0 Å². The summed E-state index contributed by atoms with van der Waals surface area (Å²) in [6, 6.07) is 10.3. The van der Waals surface area contributed by atoms with Gasteiger partial charge in [0.25, 0.3) is 0 Å². The van der Waals surface area contributed by atoms with Crippen LogP contribution in [-0.4, -0.2) is 26.4 Å². The topological polar surface area (TPSA) is 72.2 Å². The zero-order valence-electron chi connectivity index (χ0n) is 19.8. The zero-order chi connectivity index (χ0) is 23.6. The third kappa shape index (κ3) is 4.77. The SMILES string of the molecule is CCC(CC)n1c(Cc2cccs2)nc2cc(C(=O)CC3(C(=O)O)CCC(C)CC3)ccc21. The van der Waals surface area contributed by atoms with Gasteiger partial charge in [0.2, 0.25) is 0 Å². The van der Waals surface area contributed by atoms with E-state index < -0.39 is 11.4 Å². The van der Waals surface area contributed by atoms with Crippen molar-refractivity contribution in [2.75, 3.05) is 0 Å². The van der Waals surface area contributed by atoms with E-state index in [-0.39, 0.29) is 12.2 Å². The number of rotatable bonds is 9. The van der Waals surface area contributed by atoms with E-state index in [0.29, 0.717) is 30.4 Å². The van der Waals surface area contributed by atoms with Gasteiger partial charge in [-0.2, -0.15) is 0 Å². The minimum atomic E-state index is -0.933. The normalized spacial score (nSPS) is 21.0. The van der Waals surface area contributed by atoms with Crippen molar-refractivity contribution in [1.29, 1.82) is 0 Å². The highest BCUT2D eigenvalue weighted by atomic mass is 32.1. The molecule has 0 spiro atoms. The number of hydrogen-bond acceptors (Lipinski definition) is 4. The van der Waals surface area contributed by atoms with Gasteiger partial charge in [0.05, 0.1) is 16.4 Å². The van der Waals surface area contributed by atoms with E-state index in [9.17, 15) is 14.7 Å². The summed E-state index contributed by atoms with van der Waals surface area (Å²) in [7, 11) is 0. The van der Waals surface area contributed by atoms with E-state index in [1.54, 1.807) is 11.3 Å². The maximum Gasteiger partial charge on any atom is 0.310 e. The van der Waals surface area contributed by atoms with Gasteiger partial charge in [-0.25, -0.2) is 4.98 Å². The molecule has 1 saturated carbocycles. The lowest BCUT2D eigenvalue weighted by molar-refractivity contribution is -0.151. The molecule has 1 aliphatic rings. The molecule has 0 bridgehead atoms. The van der Waals surface area contributed by atoms with Crippen molar-refractivity contribution >= 4 is 34.1 Å². The number of carboxylic acid groups (broad SMARTS) is 1. The van der Waals surface area contributed by atoms with E-state index >= 15 is 0 Å². The van der Waals surface area contributed by atoms with Gasteiger partial charge >= 0.3 is 5.97 Å². The molecule has 2 heterocycles. The summed E-state index contributed by atoms with van der Waals surface area (Å²) in [5.74, 6) is 0.625. The molecule has 0 radical (unpaired) electrons. The molecule has 0 atom stereocenters. The molecule has 1 fully saturated rings. The summed E-state index contributed by atoms with van der Waals surface area (Å²) in [6.45, 7) is 6.55. The number of aliphatic carboxylic acids is 1. The fourth-order valence-electron chi connectivity index (χ4n) is 5.27. The second-order valence-corrected chi connectivity index (χ2v) is 10.7. The molecule has 2 aromatic heterocycles. The van der Waals surface area contributed by atoms with Gasteiger partial charge in [-0.1, -0.05) is 26.8 Å². The van der Waals surface area contributed by atoms with Crippen molar-refractivity contribution in [2.24, 2.45) is 11.3 Å². The Bertz CT molecular complexity index is 1120. The van der Waals surface area contributed by atoms with Gasteiger partial charge in [0.1, 0.15) is 5.82 Å². The fraction of sp³-hybridized carbons (Fsp3) is 0.519. The first-order chi connectivity index (χ1) is 15.9. The molecule has 1 N–H and O–H groups in total. The first kappa shape index (κ1) is 23.7. The molecular formula is C27H34N2O3S. The summed E-state index contributed by atoms with van der Waals surface area (Å²) in [4.78, 5) is 31.6. The predicted molar refractivity (Wildman–Crippen MR) is 133 cm³/mol. The quantitative estimate of drug-likeness (QED) is 0.348. The number of aromatic nitrogens is 2. The lowest BCUT2D eigenvalue weighted by atomic mass is 9.68. The molecular weight excluding hydrogens is 432 g/mol. The van der Waals surface area contributed by atoms with Gasteiger partial charge in [-0.15, -0.1) is 11.3 Å². The molecule has 4 rings (SSSR count). The highest BCUT2D eigenvalue weighted by molar-refractivity contribution is 7.09. The number of fused-ring (bicyclic) bond motifs is 1. The van der Waals surface area contributed by atoms with E-state index in [0.717, 1.165) is 49.0 Å². The molecule has 0 aliphatic heterocycles. The van der Waals surface area contributed by atoms with Gasteiger partial charge in [-0.05, 0) is 74.1 Å². The average molecular weight is 467 g/mol. The number of imidazole rings is 1. The first-order valence-corrected chi connectivity index (χ1v) is 13.0. The monoisotopic (exact) mass is 466 g/mol. The van der Waals surface area contributed by atoms with E-state index in [1.165, 1.54) is 4.88 Å². The second-order valence-electron chi connectivity index (χ2n) is 9.70. The standard InChI is InChI=1S/C27H34N2O3S/c1-4-20(5-2)29-23-9-8-19(15-22(23)28-25(29)16-21-7-6-14-33-21)24(30)17-27(26(31)32)12-10-18(3)11-13-27/h6-9,14-15,18,20H,4-5,10-13,16-17H2,1-3H3,(H,31,32). The number of nitrogens with zero attached hydrogens (tertiary/aromatic N) is 2. The number of Topliss-reactive ketones (excluding diaryl/α,β-unsaturated/α-hetero) is 1. The van der Waals surface area contributed by atoms with Crippen LogP contribution in [-0.2, 0) is 11.2 Å². The number of carboxylic acids is 1. The highest BCUT2D eigenvalue weighted by Gasteiger charge is 2.43. The van der Waals surface area contributed by atoms with Gasteiger partial charge in [0, 0.05) is 29.3 Å². The Hall–Kier alpha value is -2.47. The number of thiophene rings is 1. The van der Waals surface area contributed by atoms with Crippen molar-refractivity contribution < 1.29 is 14.7 Å². The Kier molecular flexibility index (Phi) is 7.03. The Morgan fingerprint density at radius 1 is 1.21 bits per heavy atom. The van der Waals surface area contributed by atoms with Gasteiger partial charge in [-0.3, -0.25) is 9.59 Å². The summed E-state index contributed by atoms with van der Waals surface area (Å²) in [5, 5.41) is 12.0. The van der Waals surface area contributed by atoms with Crippen LogP contribution in [0.15, 0.2) is 35.7 Å². The molecule has 33 heavy (non-hydrogen) atoms. The molecule has 5 nitrogen and oxygen atoms in total. The maximum absolute atomic E-state index is 13.2. The van der Waals surface area contributed by atoms with E-state index in [4.69, 9.17) is 4.98 Å². The number of carbonyl (C=O) groups excluding carboxylic acids is 1. The number of benzene rings is 1. The Morgan fingerprint density at radius 2 is 1.94 bits per heavy atom. The first-order valence-electron chi connectivity index (χ1n) is 12.2. The molecule has 0 amide bonds. The van der Waals surface area contributed by atoms with Crippen LogP contribution in [0.5, 0.6) is 0 Å². The molecule has 0 saturated heterocycles. The molecule has 6 heteroatoms. The second kappa shape index (κ2) is 9.80. The van der Waals surface area contributed by atoms with Crippen LogP contribution in [0.1, 0.15) is 92.8 Å². The lowest BCUT2D eigenvalue weighted by Gasteiger charge is -2.35. The minimum absolute atomic E-state index is 0.0653. The molecule has 176 valence electrons. The number of ketones is 1. The molecule has 1 aliphatic carbocycles. The van der Waals surface area contributed by atoms with Crippen LogP contribution in [0, 0.1) is 11.3 Å². The Morgan fingerprint density at radius 3 is 2.55 bits per heavy atom. The molecule has 1 aromatic carbocycles. The van der Waals surface area contributed by atoms with Crippen LogP contribution < -0.4 is 0 Å². The van der Waals surface area contributed by atoms with Crippen molar-refractivity contribution in [3.05, 3.63) is 52.0 Å². The molecule has 3 aromatic rings. The Balaban J connectivity index is 1.67. The third-order valence-corrected chi connectivity index (χ3v) is 8.36. The Labute approximate surface area is 199 Å². The summed E-state index contributed by atoms with van der Waals surface area (Å²) < 4.78 is 2.34. The van der Waals surface area contributed by atoms with Crippen molar-refractivity contribution in [1.82, 2.24) is 9.55 Å². The number of hydrogen-bond donors (Lipinski definition) is 1. The van der Waals surface area contributed by atoms with Crippen LogP contribution in [0.2, 0.25) is 0 Å². The molecule has 0 unspecified atom stereocenters. The van der Waals surface area contributed by atoms with Crippen LogP contribution in [0.3, 0.4) is 0 Å². The average Bonchev–Trinajstić information content (AvgIpc) is 3.44. The summed E-state index contributed by atoms with van der Waals surface area (Å²) in [5.41, 5.74) is 1.50. The van der Waals surface area contributed by atoms with Crippen LogP contribution in [0.4, 0.5) is 0 Å². The smallest absolute Gasteiger partial charge is 0.310 e. The van der Waals surface area contributed by atoms with Crippen molar-refractivity contribution in [3.8, 4) is 0 Å². The summed E-state index contributed by atoms with van der Waals surface area (Å²) >= 11 is 1.73. The van der Waals surface area contributed by atoms with Gasteiger partial charge < -0.3 is 9.67 Å². The lowest BCUT2D eigenvalue weighted by Crippen LogP contribution is -2.37. The van der Waals surface area contributed by atoms with Gasteiger partial charge in [0.15, 0.2) is 5.78 Å².